The van der Waals surface area contributed by atoms with Crippen molar-refractivity contribution in [3.63, 3.8) is 0 Å². The molecule has 0 bridgehead atoms. The second-order valence-corrected chi connectivity index (χ2v) is 5.46. The van der Waals surface area contributed by atoms with Gasteiger partial charge in [0.25, 0.3) is 0 Å². The summed E-state index contributed by atoms with van der Waals surface area (Å²) in [5.74, 6) is 1.31. The molecule has 0 saturated carbocycles. The van der Waals surface area contributed by atoms with E-state index in [0.717, 1.165) is 38.0 Å². The monoisotopic (exact) mass is 307 g/mol. The molecule has 1 fully saturated rings. The minimum Gasteiger partial charge on any atom is -0.493 e. The van der Waals surface area contributed by atoms with Crippen LogP contribution in [0.25, 0.3) is 0 Å². The lowest BCUT2D eigenvalue weighted by molar-refractivity contribution is -0.116. The van der Waals surface area contributed by atoms with Gasteiger partial charge in [-0.25, -0.2) is 0 Å². The average Bonchev–Trinajstić information content (AvgIpc) is 3.04. The van der Waals surface area contributed by atoms with E-state index in [4.69, 9.17) is 14.2 Å². The van der Waals surface area contributed by atoms with E-state index >= 15 is 0 Å². The highest BCUT2D eigenvalue weighted by molar-refractivity contribution is 5.91. The molecular weight excluding hydrogens is 282 g/mol. The van der Waals surface area contributed by atoms with Gasteiger partial charge in [-0.3, -0.25) is 4.79 Å². The Morgan fingerprint density at radius 3 is 2.95 bits per heavy atom. The molecule has 1 atom stereocenters. The molecule has 0 radical (unpaired) electrons. The molecule has 1 saturated heterocycles. The van der Waals surface area contributed by atoms with Gasteiger partial charge >= 0.3 is 0 Å². The molecule has 1 heterocycles. The summed E-state index contributed by atoms with van der Waals surface area (Å²) in [5.41, 5.74) is 0.726. The van der Waals surface area contributed by atoms with Gasteiger partial charge < -0.3 is 19.5 Å². The van der Waals surface area contributed by atoms with Crippen LogP contribution in [-0.2, 0) is 9.53 Å². The Labute approximate surface area is 131 Å². The Bertz CT molecular complexity index is 484. The molecule has 1 amide bonds. The number of methoxy groups -OCH3 is 1. The summed E-state index contributed by atoms with van der Waals surface area (Å²) in [6, 6.07) is 5.43. The van der Waals surface area contributed by atoms with Crippen molar-refractivity contribution in [2.75, 3.05) is 25.6 Å². The number of hydrogen-bond donors (Lipinski definition) is 1. The maximum atomic E-state index is 11.8. The minimum absolute atomic E-state index is 0.0251. The van der Waals surface area contributed by atoms with Gasteiger partial charge in [0.05, 0.1) is 13.2 Å². The quantitative estimate of drug-likeness (QED) is 0.800. The topological polar surface area (TPSA) is 56.8 Å². The van der Waals surface area contributed by atoms with Crippen LogP contribution in [0.5, 0.6) is 11.5 Å². The zero-order valence-corrected chi connectivity index (χ0v) is 13.4. The zero-order valence-electron chi connectivity index (χ0n) is 13.4. The molecular formula is C17H25NO4. The van der Waals surface area contributed by atoms with Crippen molar-refractivity contribution >= 4 is 11.6 Å². The van der Waals surface area contributed by atoms with Crippen molar-refractivity contribution in [3.05, 3.63) is 18.2 Å². The van der Waals surface area contributed by atoms with E-state index in [9.17, 15) is 4.79 Å². The fraction of sp³-hybridized carbons (Fsp3) is 0.588. The first kappa shape index (κ1) is 16.6. The Morgan fingerprint density at radius 1 is 1.41 bits per heavy atom. The Morgan fingerprint density at radius 2 is 2.27 bits per heavy atom. The van der Waals surface area contributed by atoms with Gasteiger partial charge in [0, 0.05) is 24.8 Å². The van der Waals surface area contributed by atoms with Crippen molar-refractivity contribution in [3.8, 4) is 11.5 Å². The number of nitrogens with one attached hydrogen (secondary N) is 1. The summed E-state index contributed by atoms with van der Waals surface area (Å²) in [6.45, 7) is 3.37. The molecule has 0 spiro atoms. The first-order valence-corrected chi connectivity index (χ1v) is 7.95. The minimum atomic E-state index is 0.0251. The maximum absolute atomic E-state index is 11.8. The van der Waals surface area contributed by atoms with Crippen LogP contribution in [0.15, 0.2) is 18.2 Å². The molecule has 2 rings (SSSR count). The molecule has 0 aromatic heterocycles. The number of amides is 1. The third-order valence-electron chi connectivity index (χ3n) is 3.65. The summed E-state index contributed by atoms with van der Waals surface area (Å²) in [7, 11) is 1.60. The highest BCUT2D eigenvalue weighted by atomic mass is 16.5. The number of carbonyl (C=O) groups excluding carboxylic acids is 1. The number of hydrogen-bond acceptors (Lipinski definition) is 4. The lowest BCUT2D eigenvalue weighted by atomic mass is 10.2. The first-order chi connectivity index (χ1) is 10.7. The van der Waals surface area contributed by atoms with Crippen LogP contribution in [0.2, 0.25) is 0 Å². The normalized spacial score (nSPS) is 17.3. The molecule has 122 valence electrons. The Balaban J connectivity index is 1.96. The van der Waals surface area contributed by atoms with Gasteiger partial charge in [0.1, 0.15) is 6.61 Å². The second kappa shape index (κ2) is 8.63. The summed E-state index contributed by atoms with van der Waals surface area (Å²) in [6.07, 6.45) is 4.69. The van der Waals surface area contributed by atoms with Crippen LogP contribution in [0.3, 0.4) is 0 Å². The third-order valence-corrected chi connectivity index (χ3v) is 3.65. The third kappa shape index (κ3) is 4.91. The molecule has 0 unspecified atom stereocenters. The van der Waals surface area contributed by atoms with Crippen molar-refractivity contribution in [1.29, 1.82) is 0 Å². The molecule has 1 aromatic rings. The second-order valence-electron chi connectivity index (χ2n) is 5.46. The van der Waals surface area contributed by atoms with E-state index in [0.29, 0.717) is 24.5 Å². The first-order valence-electron chi connectivity index (χ1n) is 7.95. The molecule has 1 N–H and O–H groups in total. The average molecular weight is 307 g/mol. The van der Waals surface area contributed by atoms with Crippen molar-refractivity contribution < 1.29 is 19.0 Å². The molecule has 0 aliphatic carbocycles. The predicted octanol–water partition coefficient (Wildman–Crippen LogP) is 3.38. The predicted molar refractivity (Wildman–Crippen MR) is 85.6 cm³/mol. The highest BCUT2D eigenvalue weighted by Gasteiger charge is 2.17. The largest absolute Gasteiger partial charge is 0.493 e. The standard InChI is InChI=1S/C17H25NO4/c1-3-4-7-17(19)18-13-8-9-15(20-2)16(11-13)22-12-14-6-5-10-21-14/h8-9,11,14H,3-7,10,12H2,1-2H3,(H,18,19)/t14-/m0/s1. The fourth-order valence-corrected chi connectivity index (χ4v) is 2.39. The summed E-state index contributed by atoms with van der Waals surface area (Å²) in [4.78, 5) is 11.8. The lowest BCUT2D eigenvalue weighted by Crippen LogP contribution is -2.17. The van der Waals surface area contributed by atoms with Crippen molar-refractivity contribution in [1.82, 2.24) is 0 Å². The van der Waals surface area contributed by atoms with E-state index in [2.05, 4.69) is 12.2 Å². The smallest absolute Gasteiger partial charge is 0.224 e. The van der Waals surface area contributed by atoms with E-state index < -0.39 is 0 Å². The maximum Gasteiger partial charge on any atom is 0.224 e. The van der Waals surface area contributed by atoms with Crippen LogP contribution in [0.1, 0.15) is 39.0 Å². The Hall–Kier alpha value is -1.75. The van der Waals surface area contributed by atoms with Crippen LogP contribution in [-0.4, -0.2) is 32.3 Å². The van der Waals surface area contributed by atoms with Crippen LogP contribution < -0.4 is 14.8 Å². The van der Waals surface area contributed by atoms with E-state index in [-0.39, 0.29) is 12.0 Å². The number of unbranched alkanes of at least 4 members (excludes halogenated alkanes) is 1. The number of carbonyl (C=O) groups is 1. The van der Waals surface area contributed by atoms with E-state index in [1.165, 1.54) is 0 Å². The SMILES string of the molecule is CCCCC(=O)Nc1ccc(OC)c(OC[C@@H]2CCCO2)c1. The molecule has 5 heteroatoms. The number of anilines is 1. The number of benzene rings is 1. The molecule has 1 aromatic carbocycles. The number of rotatable bonds is 8. The van der Waals surface area contributed by atoms with Crippen LogP contribution in [0, 0.1) is 0 Å². The van der Waals surface area contributed by atoms with Crippen LogP contribution in [0.4, 0.5) is 5.69 Å². The van der Waals surface area contributed by atoms with Gasteiger partial charge in [-0.05, 0) is 31.4 Å². The molecule has 22 heavy (non-hydrogen) atoms. The van der Waals surface area contributed by atoms with Crippen molar-refractivity contribution in [2.24, 2.45) is 0 Å². The van der Waals surface area contributed by atoms with Gasteiger partial charge in [-0.15, -0.1) is 0 Å². The fourth-order valence-electron chi connectivity index (χ4n) is 2.39. The van der Waals surface area contributed by atoms with E-state index in [1.807, 2.05) is 6.07 Å². The summed E-state index contributed by atoms with van der Waals surface area (Å²) in [5, 5.41) is 2.89. The summed E-state index contributed by atoms with van der Waals surface area (Å²) < 4.78 is 16.7. The lowest BCUT2D eigenvalue weighted by Gasteiger charge is -2.15. The zero-order chi connectivity index (χ0) is 15.8. The van der Waals surface area contributed by atoms with Gasteiger partial charge in [0.2, 0.25) is 5.91 Å². The van der Waals surface area contributed by atoms with Gasteiger partial charge in [-0.2, -0.15) is 0 Å². The molecule has 1 aliphatic rings. The number of ether oxygens (including phenoxy) is 3. The van der Waals surface area contributed by atoms with Gasteiger partial charge in [-0.1, -0.05) is 13.3 Å². The van der Waals surface area contributed by atoms with E-state index in [1.54, 1.807) is 19.2 Å². The van der Waals surface area contributed by atoms with Crippen molar-refractivity contribution in [2.45, 2.75) is 45.1 Å². The molecule has 5 nitrogen and oxygen atoms in total. The highest BCUT2D eigenvalue weighted by Crippen LogP contribution is 2.31. The van der Waals surface area contributed by atoms with Crippen LogP contribution >= 0.6 is 0 Å². The summed E-state index contributed by atoms with van der Waals surface area (Å²) >= 11 is 0. The molecule has 1 aliphatic heterocycles. The Kier molecular flexibility index (Phi) is 6.52. The van der Waals surface area contributed by atoms with Gasteiger partial charge in [0.15, 0.2) is 11.5 Å².